The van der Waals surface area contributed by atoms with Crippen LogP contribution in [0, 0.1) is 0 Å². The van der Waals surface area contributed by atoms with Crippen molar-refractivity contribution < 1.29 is 5.11 Å². The Bertz CT molecular complexity index is 379. The molecule has 1 heterocycles. The molecule has 1 aliphatic rings. The van der Waals surface area contributed by atoms with Crippen LogP contribution >= 0.6 is 23.2 Å². The topological polar surface area (TPSA) is 46.0 Å². The average Bonchev–Trinajstić information content (AvgIpc) is 2.06. The van der Waals surface area contributed by atoms with Crippen molar-refractivity contribution in [2.45, 2.75) is 31.8 Å². The molecule has 0 saturated carbocycles. The Morgan fingerprint density at radius 2 is 2.07 bits per heavy atom. The van der Waals surface area contributed by atoms with Gasteiger partial charge >= 0.3 is 0 Å². The van der Waals surface area contributed by atoms with Gasteiger partial charge in [0, 0.05) is 12.0 Å². The van der Waals surface area contributed by atoms with E-state index in [-0.39, 0.29) is 5.28 Å². The van der Waals surface area contributed by atoms with E-state index in [0.717, 1.165) is 11.3 Å². The Labute approximate surface area is 92.1 Å². The molecule has 2 rings (SSSR count). The third kappa shape index (κ3) is 1.85. The van der Waals surface area contributed by atoms with Crippen LogP contribution in [0.4, 0.5) is 0 Å². The van der Waals surface area contributed by atoms with Gasteiger partial charge in [-0.05, 0) is 31.4 Å². The first-order chi connectivity index (χ1) is 6.48. The Morgan fingerprint density at radius 3 is 2.79 bits per heavy atom. The molecule has 14 heavy (non-hydrogen) atoms. The minimum absolute atomic E-state index is 0.176. The van der Waals surface area contributed by atoms with E-state index in [1.807, 2.05) is 0 Å². The molecule has 1 atom stereocenters. The van der Waals surface area contributed by atoms with Gasteiger partial charge in [0.2, 0.25) is 5.28 Å². The fourth-order valence-electron chi connectivity index (χ4n) is 1.71. The van der Waals surface area contributed by atoms with Crippen LogP contribution in [0.3, 0.4) is 0 Å². The molecule has 3 nitrogen and oxygen atoms in total. The average molecular weight is 233 g/mol. The number of aliphatic hydroxyl groups is 1. The lowest BCUT2D eigenvalue weighted by molar-refractivity contribution is 0.0451. The van der Waals surface area contributed by atoms with Crippen LogP contribution in [-0.4, -0.2) is 20.7 Å². The summed E-state index contributed by atoms with van der Waals surface area (Å²) in [4.78, 5) is 7.96. The number of nitrogens with zero attached hydrogens (tertiary/aromatic N) is 2. The maximum atomic E-state index is 9.87. The molecule has 1 aromatic rings. The quantitative estimate of drug-likeness (QED) is 0.550. The molecular formula is C9H10Cl2N2O. The number of aryl methyl sites for hydroxylation is 1. The first-order valence-electron chi connectivity index (χ1n) is 4.41. The normalized spacial score (nSPS) is 26.0. The van der Waals surface area contributed by atoms with E-state index < -0.39 is 5.60 Å². The third-order valence-corrected chi connectivity index (χ3v) is 2.95. The summed E-state index contributed by atoms with van der Waals surface area (Å²) in [6.45, 7) is 1.79. The van der Waals surface area contributed by atoms with Crippen LogP contribution in [0.1, 0.15) is 24.6 Å². The second-order valence-electron chi connectivity index (χ2n) is 3.88. The number of aromatic nitrogens is 2. The van der Waals surface area contributed by atoms with Crippen molar-refractivity contribution in [3.05, 3.63) is 21.7 Å². The largest absolute Gasteiger partial charge is 0.390 e. The standard InChI is InChI=1S/C9H10Cl2N2O/c1-9(14)3-2-6-5(4-9)7(10)13-8(11)12-6/h14H,2-4H2,1H3. The zero-order chi connectivity index (χ0) is 10.3. The molecular weight excluding hydrogens is 223 g/mol. The molecule has 0 amide bonds. The van der Waals surface area contributed by atoms with Gasteiger partial charge in [-0.15, -0.1) is 0 Å². The molecule has 0 radical (unpaired) electrons. The van der Waals surface area contributed by atoms with Crippen LogP contribution in [-0.2, 0) is 12.8 Å². The van der Waals surface area contributed by atoms with Gasteiger partial charge in [-0.2, -0.15) is 0 Å². The van der Waals surface area contributed by atoms with Crippen molar-refractivity contribution in [3.63, 3.8) is 0 Å². The maximum Gasteiger partial charge on any atom is 0.224 e. The fraction of sp³-hybridized carbons (Fsp3) is 0.556. The highest BCUT2D eigenvalue weighted by Gasteiger charge is 2.30. The molecule has 1 unspecified atom stereocenters. The summed E-state index contributed by atoms with van der Waals surface area (Å²) in [6, 6.07) is 0. The second-order valence-corrected chi connectivity index (χ2v) is 4.58. The molecule has 1 aliphatic carbocycles. The van der Waals surface area contributed by atoms with Crippen molar-refractivity contribution in [1.29, 1.82) is 0 Å². The van der Waals surface area contributed by atoms with Crippen molar-refractivity contribution in [1.82, 2.24) is 9.97 Å². The Morgan fingerprint density at radius 1 is 1.36 bits per heavy atom. The van der Waals surface area contributed by atoms with E-state index in [1.165, 1.54) is 0 Å². The van der Waals surface area contributed by atoms with Gasteiger partial charge in [0.05, 0.1) is 11.3 Å². The van der Waals surface area contributed by atoms with E-state index in [4.69, 9.17) is 23.2 Å². The van der Waals surface area contributed by atoms with Gasteiger partial charge < -0.3 is 5.11 Å². The molecule has 0 aromatic carbocycles. The lowest BCUT2D eigenvalue weighted by atomic mass is 9.85. The molecule has 0 saturated heterocycles. The van der Waals surface area contributed by atoms with Crippen LogP contribution in [0.5, 0.6) is 0 Å². The fourth-order valence-corrected chi connectivity index (χ4v) is 2.20. The summed E-state index contributed by atoms with van der Waals surface area (Å²) in [6.07, 6.45) is 1.88. The van der Waals surface area contributed by atoms with Crippen molar-refractivity contribution >= 4 is 23.2 Å². The number of hydrogen-bond acceptors (Lipinski definition) is 3. The van der Waals surface area contributed by atoms with Crippen LogP contribution in [0.2, 0.25) is 10.4 Å². The molecule has 0 aliphatic heterocycles. The molecule has 5 heteroatoms. The minimum Gasteiger partial charge on any atom is -0.390 e. The smallest absolute Gasteiger partial charge is 0.224 e. The molecule has 1 N–H and O–H groups in total. The zero-order valence-corrected chi connectivity index (χ0v) is 9.23. The third-order valence-electron chi connectivity index (χ3n) is 2.47. The predicted molar refractivity (Wildman–Crippen MR) is 54.7 cm³/mol. The van der Waals surface area contributed by atoms with E-state index in [9.17, 15) is 5.11 Å². The molecule has 0 bridgehead atoms. The van der Waals surface area contributed by atoms with Gasteiger partial charge in [-0.25, -0.2) is 9.97 Å². The monoisotopic (exact) mass is 232 g/mol. The summed E-state index contributed by atoms with van der Waals surface area (Å²) >= 11 is 11.6. The van der Waals surface area contributed by atoms with E-state index in [1.54, 1.807) is 6.92 Å². The first-order valence-corrected chi connectivity index (χ1v) is 5.17. The van der Waals surface area contributed by atoms with Crippen LogP contribution in [0.15, 0.2) is 0 Å². The zero-order valence-electron chi connectivity index (χ0n) is 7.72. The van der Waals surface area contributed by atoms with Gasteiger partial charge in [-0.3, -0.25) is 0 Å². The van der Waals surface area contributed by atoms with E-state index in [0.29, 0.717) is 24.4 Å². The van der Waals surface area contributed by atoms with Crippen LogP contribution in [0.25, 0.3) is 0 Å². The lowest BCUT2D eigenvalue weighted by Gasteiger charge is -2.29. The highest BCUT2D eigenvalue weighted by Crippen LogP contribution is 2.31. The van der Waals surface area contributed by atoms with E-state index in [2.05, 4.69) is 9.97 Å². The summed E-state index contributed by atoms with van der Waals surface area (Å²) < 4.78 is 0. The molecule has 0 fully saturated rings. The number of rotatable bonds is 0. The number of halogens is 2. The SMILES string of the molecule is CC1(O)CCc2nc(Cl)nc(Cl)c2C1. The maximum absolute atomic E-state index is 9.87. The Balaban J connectivity index is 2.47. The second kappa shape index (κ2) is 3.33. The number of fused-ring (bicyclic) bond motifs is 1. The van der Waals surface area contributed by atoms with Crippen molar-refractivity contribution in [3.8, 4) is 0 Å². The van der Waals surface area contributed by atoms with Crippen molar-refractivity contribution in [2.24, 2.45) is 0 Å². The summed E-state index contributed by atoms with van der Waals surface area (Å²) in [5.41, 5.74) is 0.988. The first kappa shape index (κ1) is 10.1. The van der Waals surface area contributed by atoms with Gasteiger partial charge in [0.15, 0.2) is 0 Å². The van der Waals surface area contributed by atoms with Gasteiger partial charge in [0.1, 0.15) is 5.15 Å². The summed E-state index contributed by atoms with van der Waals surface area (Å²) in [5, 5.41) is 10.4. The Hall–Kier alpha value is -0.380. The summed E-state index contributed by atoms with van der Waals surface area (Å²) in [7, 11) is 0. The van der Waals surface area contributed by atoms with Gasteiger partial charge in [-0.1, -0.05) is 11.6 Å². The highest BCUT2D eigenvalue weighted by molar-refractivity contribution is 6.32. The van der Waals surface area contributed by atoms with E-state index >= 15 is 0 Å². The van der Waals surface area contributed by atoms with Crippen LogP contribution < -0.4 is 0 Å². The highest BCUT2D eigenvalue weighted by atomic mass is 35.5. The Kier molecular flexibility index (Phi) is 2.41. The van der Waals surface area contributed by atoms with Gasteiger partial charge in [0.25, 0.3) is 0 Å². The molecule has 76 valence electrons. The molecule has 1 aromatic heterocycles. The van der Waals surface area contributed by atoms with Crippen molar-refractivity contribution in [2.75, 3.05) is 0 Å². The lowest BCUT2D eigenvalue weighted by Crippen LogP contribution is -2.33. The minimum atomic E-state index is -0.701. The predicted octanol–water partition coefficient (Wildman–Crippen LogP) is 2.02. The molecule has 0 spiro atoms. The number of hydrogen-bond donors (Lipinski definition) is 1. The summed E-state index contributed by atoms with van der Waals surface area (Å²) in [5.74, 6) is 0.